The van der Waals surface area contributed by atoms with E-state index in [0.29, 0.717) is 20.9 Å². The van der Waals surface area contributed by atoms with Crippen molar-refractivity contribution in [2.24, 2.45) is 5.10 Å². The molecule has 30 heavy (non-hydrogen) atoms. The second-order valence-electron chi connectivity index (χ2n) is 6.21. The van der Waals surface area contributed by atoms with Gasteiger partial charge in [0.15, 0.2) is 0 Å². The van der Waals surface area contributed by atoms with Gasteiger partial charge in [0.05, 0.1) is 17.5 Å². The Hall–Kier alpha value is -3.29. The Kier molecular flexibility index (Phi) is 6.32. The molecule has 1 aromatic heterocycles. The van der Waals surface area contributed by atoms with Gasteiger partial charge < -0.3 is 4.74 Å². The number of hydrogen-bond donors (Lipinski definition) is 1. The van der Waals surface area contributed by atoms with Crippen LogP contribution in [0.25, 0.3) is 11.3 Å². The van der Waals surface area contributed by atoms with Gasteiger partial charge in [0, 0.05) is 15.4 Å². The second kappa shape index (κ2) is 9.47. The summed E-state index contributed by atoms with van der Waals surface area (Å²) in [7, 11) is 0. The van der Waals surface area contributed by atoms with E-state index in [-0.39, 0.29) is 0 Å². The molecule has 3 aromatic carbocycles. The number of thiazole rings is 1. The third-order valence-electron chi connectivity index (χ3n) is 4.13. The Labute approximate surface area is 186 Å². The predicted octanol–water partition coefficient (Wildman–Crippen LogP) is 6.24. The Morgan fingerprint density at radius 3 is 2.50 bits per heavy atom. The highest BCUT2D eigenvalue weighted by molar-refractivity contribution is 9.10. The van der Waals surface area contributed by atoms with E-state index in [1.807, 2.05) is 53.9 Å². The van der Waals surface area contributed by atoms with Crippen LogP contribution in [0, 0.1) is 0 Å². The summed E-state index contributed by atoms with van der Waals surface area (Å²) in [5.41, 5.74) is 6.27. The standard InChI is InChI=1S/C23H16BrN3O2S/c24-20-9-5-4-8-19(20)22(28)29-18-12-10-16(11-13-18)14-25-27-23-26-21(15-30-23)17-6-2-1-3-7-17/h1-15H,(H,26,27)/b25-14-. The third kappa shape index (κ3) is 5.00. The van der Waals surface area contributed by atoms with Crippen LogP contribution in [0.15, 0.2) is 93.8 Å². The van der Waals surface area contributed by atoms with Gasteiger partial charge in [-0.25, -0.2) is 9.78 Å². The number of hydrogen-bond acceptors (Lipinski definition) is 6. The maximum atomic E-state index is 12.3. The van der Waals surface area contributed by atoms with Crippen molar-refractivity contribution in [1.29, 1.82) is 0 Å². The largest absolute Gasteiger partial charge is 0.423 e. The Balaban J connectivity index is 1.35. The summed E-state index contributed by atoms with van der Waals surface area (Å²) < 4.78 is 6.11. The first-order valence-corrected chi connectivity index (χ1v) is 10.7. The van der Waals surface area contributed by atoms with Crippen LogP contribution in [-0.2, 0) is 0 Å². The van der Waals surface area contributed by atoms with Crippen LogP contribution in [0.2, 0.25) is 0 Å². The molecule has 0 bridgehead atoms. The van der Waals surface area contributed by atoms with Crippen LogP contribution in [0.5, 0.6) is 5.75 Å². The van der Waals surface area contributed by atoms with Crippen molar-refractivity contribution < 1.29 is 9.53 Å². The van der Waals surface area contributed by atoms with E-state index in [1.54, 1.807) is 36.5 Å². The zero-order valence-electron chi connectivity index (χ0n) is 15.7. The molecule has 0 aliphatic rings. The minimum absolute atomic E-state index is 0.413. The molecular weight excluding hydrogens is 462 g/mol. The molecule has 4 aromatic rings. The van der Waals surface area contributed by atoms with Crippen LogP contribution in [0.1, 0.15) is 15.9 Å². The van der Waals surface area contributed by atoms with Gasteiger partial charge in [-0.2, -0.15) is 5.10 Å². The van der Waals surface area contributed by atoms with Crippen LogP contribution in [0.4, 0.5) is 5.13 Å². The van der Waals surface area contributed by atoms with Crippen LogP contribution in [-0.4, -0.2) is 17.2 Å². The molecule has 1 heterocycles. The fraction of sp³-hybridized carbons (Fsp3) is 0. The quantitative estimate of drug-likeness (QED) is 0.154. The van der Waals surface area contributed by atoms with Crippen molar-refractivity contribution in [2.45, 2.75) is 0 Å². The van der Waals surface area contributed by atoms with E-state index in [1.165, 1.54) is 11.3 Å². The number of halogens is 1. The molecule has 5 nitrogen and oxygen atoms in total. The first-order valence-electron chi connectivity index (χ1n) is 9.06. The molecule has 0 spiro atoms. The summed E-state index contributed by atoms with van der Waals surface area (Å²) in [5.74, 6) is 0.0526. The highest BCUT2D eigenvalue weighted by atomic mass is 79.9. The van der Waals surface area contributed by atoms with Gasteiger partial charge in [-0.1, -0.05) is 42.5 Å². The number of carbonyl (C=O) groups is 1. The van der Waals surface area contributed by atoms with Crippen molar-refractivity contribution in [3.8, 4) is 17.0 Å². The number of carbonyl (C=O) groups excluding carboxylic acids is 1. The van der Waals surface area contributed by atoms with E-state index >= 15 is 0 Å². The number of hydrazone groups is 1. The molecule has 0 aliphatic carbocycles. The van der Waals surface area contributed by atoms with E-state index in [0.717, 1.165) is 16.8 Å². The van der Waals surface area contributed by atoms with Crippen molar-refractivity contribution >= 4 is 44.6 Å². The summed E-state index contributed by atoms with van der Waals surface area (Å²) in [5, 5.41) is 6.93. The molecule has 0 radical (unpaired) electrons. The number of esters is 1. The molecule has 0 amide bonds. The topological polar surface area (TPSA) is 63.6 Å². The van der Waals surface area contributed by atoms with E-state index in [2.05, 4.69) is 31.4 Å². The minimum atomic E-state index is -0.413. The van der Waals surface area contributed by atoms with Gasteiger partial charge >= 0.3 is 5.97 Å². The fourth-order valence-electron chi connectivity index (χ4n) is 2.64. The van der Waals surface area contributed by atoms with Crippen molar-refractivity contribution in [3.05, 3.63) is 99.8 Å². The molecular formula is C23H16BrN3O2S. The van der Waals surface area contributed by atoms with Crippen LogP contribution in [0.3, 0.4) is 0 Å². The van der Waals surface area contributed by atoms with Gasteiger partial charge in [-0.15, -0.1) is 11.3 Å². The molecule has 0 saturated heterocycles. The van der Waals surface area contributed by atoms with Crippen molar-refractivity contribution in [2.75, 3.05) is 5.43 Å². The number of ether oxygens (including phenoxy) is 1. The zero-order valence-corrected chi connectivity index (χ0v) is 18.1. The average molecular weight is 478 g/mol. The van der Waals surface area contributed by atoms with E-state index < -0.39 is 5.97 Å². The molecule has 7 heteroatoms. The van der Waals surface area contributed by atoms with Gasteiger partial charge in [-0.3, -0.25) is 5.43 Å². The summed E-state index contributed by atoms with van der Waals surface area (Å²) in [6.07, 6.45) is 1.68. The Bertz CT molecular complexity index is 1170. The molecule has 0 aliphatic heterocycles. The lowest BCUT2D eigenvalue weighted by Crippen LogP contribution is -2.09. The number of anilines is 1. The first-order chi connectivity index (χ1) is 14.7. The molecule has 1 N–H and O–H groups in total. The average Bonchev–Trinajstić information content (AvgIpc) is 3.25. The monoisotopic (exact) mass is 477 g/mol. The number of rotatable bonds is 6. The van der Waals surface area contributed by atoms with Crippen molar-refractivity contribution in [3.63, 3.8) is 0 Å². The lowest BCUT2D eigenvalue weighted by molar-refractivity contribution is 0.0734. The Morgan fingerprint density at radius 2 is 1.73 bits per heavy atom. The summed E-state index contributed by atoms with van der Waals surface area (Å²) in [4.78, 5) is 16.8. The molecule has 148 valence electrons. The lowest BCUT2D eigenvalue weighted by atomic mass is 10.2. The number of aromatic nitrogens is 1. The smallest absolute Gasteiger partial charge is 0.344 e. The van der Waals surface area contributed by atoms with Crippen LogP contribution >= 0.6 is 27.3 Å². The highest BCUT2D eigenvalue weighted by Crippen LogP contribution is 2.24. The first kappa shape index (κ1) is 20.0. The fourth-order valence-corrected chi connectivity index (χ4v) is 3.75. The summed E-state index contributed by atoms with van der Waals surface area (Å²) in [6, 6.07) is 24.2. The maximum absolute atomic E-state index is 12.3. The second-order valence-corrected chi connectivity index (χ2v) is 7.92. The van der Waals surface area contributed by atoms with Gasteiger partial charge in [0.2, 0.25) is 5.13 Å². The lowest BCUT2D eigenvalue weighted by Gasteiger charge is -2.06. The third-order valence-corrected chi connectivity index (χ3v) is 5.57. The van der Waals surface area contributed by atoms with Gasteiger partial charge in [0.25, 0.3) is 0 Å². The zero-order chi connectivity index (χ0) is 20.8. The van der Waals surface area contributed by atoms with E-state index in [9.17, 15) is 4.79 Å². The molecule has 0 atom stereocenters. The highest BCUT2D eigenvalue weighted by Gasteiger charge is 2.11. The summed E-state index contributed by atoms with van der Waals surface area (Å²) >= 11 is 4.85. The predicted molar refractivity (Wildman–Crippen MR) is 124 cm³/mol. The van der Waals surface area contributed by atoms with Gasteiger partial charge in [0.1, 0.15) is 5.75 Å². The SMILES string of the molecule is O=C(Oc1ccc(/C=N\Nc2nc(-c3ccccc3)cs2)cc1)c1ccccc1Br. The molecule has 0 unspecified atom stereocenters. The number of nitrogens with zero attached hydrogens (tertiary/aromatic N) is 2. The molecule has 4 rings (SSSR count). The number of nitrogens with one attached hydrogen (secondary N) is 1. The summed E-state index contributed by atoms with van der Waals surface area (Å²) in [6.45, 7) is 0. The van der Waals surface area contributed by atoms with Crippen molar-refractivity contribution in [1.82, 2.24) is 4.98 Å². The number of benzene rings is 3. The van der Waals surface area contributed by atoms with Crippen LogP contribution < -0.4 is 10.2 Å². The molecule has 0 saturated carbocycles. The van der Waals surface area contributed by atoms with E-state index in [4.69, 9.17) is 4.74 Å². The normalized spacial score (nSPS) is 10.8. The molecule has 0 fully saturated rings. The van der Waals surface area contributed by atoms with Gasteiger partial charge in [-0.05, 0) is 57.9 Å². The Morgan fingerprint density at radius 1 is 1.00 bits per heavy atom. The maximum Gasteiger partial charge on any atom is 0.344 e. The minimum Gasteiger partial charge on any atom is -0.423 e.